The number of aryl methyl sites for hydroxylation is 1. The molecule has 0 aliphatic rings. The fourth-order valence-corrected chi connectivity index (χ4v) is 1.44. The van der Waals surface area contributed by atoms with Crippen LogP contribution in [0.2, 0.25) is 0 Å². The fraction of sp³-hybridized carbons (Fsp3) is 0.545. The summed E-state index contributed by atoms with van der Waals surface area (Å²) in [4.78, 5) is 12.9. The Morgan fingerprint density at radius 3 is 2.87 bits per heavy atom. The first-order chi connectivity index (χ1) is 7.15. The third-order valence-electron chi connectivity index (χ3n) is 2.37. The van der Waals surface area contributed by atoms with Crippen LogP contribution in [0.4, 0.5) is 0 Å². The minimum Gasteiger partial charge on any atom is -0.390 e. The standard InChI is InChI=1S/C11H18N2O2/c1-12(2)11(15)6-4-8-13-7-3-5-10(13)9-14/h3,5,7,14H,4,6,8-9H2,1-2H3. The third kappa shape index (κ3) is 3.40. The molecule has 0 saturated carbocycles. The molecule has 1 aromatic heterocycles. The molecule has 0 aliphatic heterocycles. The maximum atomic E-state index is 11.3. The second-order valence-corrected chi connectivity index (χ2v) is 3.74. The lowest BCUT2D eigenvalue weighted by atomic mass is 10.3. The van der Waals surface area contributed by atoms with E-state index in [0.717, 1.165) is 18.7 Å². The minimum atomic E-state index is 0.0502. The number of aliphatic hydroxyl groups is 1. The third-order valence-corrected chi connectivity index (χ3v) is 2.37. The average Bonchev–Trinajstić information content (AvgIpc) is 2.65. The molecule has 1 amide bonds. The Morgan fingerprint density at radius 2 is 2.27 bits per heavy atom. The van der Waals surface area contributed by atoms with Crippen molar-refractivity contribution >= 4 is 5.91 Å². The Balaban J connectivity index is 2.35. The topological polar surface area (TPSA) is 45.5 Å². The van der Waals surface area contributed by atoms with Crippen LogP contribution in [0.3, 0.4) is 0 Å². The summed E-state index contributed by atoms with van der Waals surface area (Å²) in [5, 5.41) is 9.01. The Bertz CT molecular complexity index is 318. The van der Waals surface area contributed by atoms with Crippen LogP contribution in [-0.4, -0.2) is 34.6 Å². The molecule has 0 aliphatic carbocycles. The van der Waals surface area contributed by atoms with Gasteiger partial charge in [0.25, 0.3) is 0 Å². The average molecular weight is 210 g/mol. The van der Waals surface area contributed by atoms with Crippen LogP contribution >= 0.6 is 0 Å². The molecule has 1 heterocycles. The summed E-state index contributed by atoms with van der Waals surface area (Å²) in [5.74, 6) is 0.146. The normalized spacial score (nSPS) is 10.3. The number of carbonyl (C=O) groups is 1. The molecule has 1 aromatic rings. The van der Waals surface area contributed by atoms with E-state index in [1.165, 1.54) is 0 Å². The Morgan fingerprint density at radius 1 is 1.53 bits per heavy atom. The molecule has 0 atom stereocenters. The van der Waals surface area contributed by atoms with Gasteiger partial charge in [0.2, 0.25) is 5.91 Å². The fourth-order valence-electron chi connectivity index (χ4n) is 1.44. The summed E-state index contributed by atoms with van der Waals surface area (Å²) in [6.45, 7) is 0.830. The molecule has 0 aromatic carbocycles. The van der Waals surface area contributed by atoms with Gasteiger partial charge in [0.05, 0.1) is 6.61 Å². The zero-order chi connectivity index (χ0) is 11.3. The number of aromatic nitrogens is 1. The van der Waals surface area contributed by atoms with Crippen molar-refractivity contribution in [1.82, 2.24) is 9.47 Å². The van der Waals surface area contributed by atoms with Crippen molar-refractivity contribution in [2.24, 2.45) is 0 Å². The summed E-state index contributed by atoms with van der Waals surface area (Å²) in [7, 11) is 3.52. The van der Waals surface area contributed by atoms with Gasteiger partial charge in [-0.2, -0.15) is 0 Å². The maximum absolute atomic E-state index is 11.3. The predicted molar refractivity (Wildman–Crippen MR) is 58.3 cm³/mol. The summed E-state index contributed by atoms with van der Waals surface area (Å²) < 4.78 is 1.98. The molecule has 0 bridgehead atoms. The number of amides is 1. The van der Waals surface area contributed by atoms with Crippen LogP contribution in [0.25, 0.3) is 0 Å². The van der Waals surface area contributed by atoms with Crippen LogP contribution in [0.5, 0.6) is 0 Å². The van der Waals surface area contributed by atoms with Crippen molar-refractivity contribution in [2.75, 3.05) is 14.1 Å². The smallest absolute Gasteiger partial charge is 0.222 e. The summed E-state index contributed by atoms with van der Waals surface area (Å²) in [6, 6.07) is 3.78. The second-order valence-electron chi connectivity index (χ2n) is 3.74. The van der Waals surface area contributed by atoms with Gasteiger partial charge in [-0.25, -0.2) is 0 Å². The van der Waals surface area contributed by atoms with E-state index in [-0.39, 0.29) is 12.5 Å². The van der Waals surface area contributed by atoms with E-state index in [2.05, 4.69) is 0 Å². The van der Waals surface area contributed by atoms with Crippen molar-refractivity contribution in [2.45, 2.75) is 26.0 Å². The molecule has 0 fully saturated rings. The van der Waals surface area contributed by atoms with Gasteiger partial charge in [-0.1, -0.05) is 0 Å². The van der Waals surface area contributed by atoms with Crippen LogP contribution in [0.15, 0.2) is 18.3 Å². The molecule has 15 heavy (non-hydrogen) atoms. The number of hydrogen-bond acceptors (Lipinski definition) is 2. The lowest BCUT2D eigenvalue weighted by Gasteiger charge is -2.11. The molecule has 4 heteroatoms. The van der Waals surface area contributed by atoms with Gasteiger partial charge in [0, 0.05) is 39.0 Å². The van der Waals surface area contributed by atoms with E-state index in [4.69, 9.17) is 5.11 Å². The maximum Gasteiger partial charge on any atom is 0.222 e. The molecular formula is C11H18N2O2. The molecule has 84 valence electrons. The largest absolute Gasteiger partial charge is 0.390 e. The highest BCUT2D eigenvalue weighted by Crippen LogP contribution is 2.05. The Kier molecular flexibility index (Phi) is 4.37. The van der Waals surface area contributed by atoms with Crippen LogP contribution in [0.1, 0.15) is 18.5 Å². The number of hydrogen-bond donors (Lipinski definition) is 1. The molecule has 0 saturated heterocycles. The van der Waals surface area contributed by atoms with Gasteiger partial charge in [0.1, 0.15) is 0 Å². The molecule has 0 unspecified atom stereocenters. The quantitative estimate of drug-likeness (QED) is 0.783. The molecule has 4 nitrogen and oxygen atoms in total. The highest BCUT2D eigenvalue weighted by Gasteiger charge is 2.04. The van der Waals surface area contributed by atoms with Gasteiger partial charge in [0.15, 0.2) is 0 Å². The first kappa shape index (κ1) is 11.8. The van der Waals surface area contributed by atoms with Crippen molar-refractivity contribution in [3.05, 3.63) is 24.0 Å². The van der Waals surface area contributed by atoms with Gasteiger partial charge in [-0.15, -0.1) is 0 Å². The van der Waals surface area contributed by atoms with Crippen LogP contribution in [0, 0.1) is 0 Å². The molecule has 0 radical (unpaired) electrons. The number of rotatable bonds is 5. The highest BCUT2D eigenvalue weighted by molar-refractivity contribution is 5.75. The van der Waals surface area contributed by atoms with Crippen LogP contribution < -0.4 is 0 Å². The summed E-state index contributed by atoms with van der Waals surface area (Å²) in [6.07, 6.45) is 3.28. The minimum absolute atomic E-state index is 0.0502. The zero-order valence-corrected chi connectivity index (χ0v) is 9.31. The highest BCUT2D eigenvalue weighted by atomic mass is 16.3. The molecule has 1 rings (SSSR count). The van der Waals surface area contributed by atoms with Gasteiger partial charge in [-0.3, -0.25) is 4.79 Å². The first-order valence-electron chi connectivity index (χ1n) is 5.10. The molecular weight excluding hydrogens is 192 g/mol. The predicted octanol–water partition coefficient (Wildman–Crippen LogP) is 0.849. The summed E-state index contributed by atoms with van der Waals surface area (Å²) >= 11 is 0. The zero-order valence-electron chi connectivity index (χ0n) is 9.31. The van der Waals surface area contributed by atoms with Crippen LogP contribution in [-0.2, 0) is 17.9 Å². The van der Waals surface area contributed by atoms with E-state index in [1.807, 2.05) is 22.9 Å². The van der Waals surface area contributed by atoms with Crippen molar-refractivity contribution in [3.63, 3.8) is 0 Å². The monoisotopic (exact) mass is 210 g/mol. The Labute approximate surface area is 90.1 Å². The van der Waals surface area contributed by atoms with Gasteiger partial charge in [-0.05, 0) is 18.6 Å². The van der Waals surface area contributed by atoms with Crippen molar-refractivity contribution in [1.29, 1.82) is 0 Å². The molecule has 0 spiro atoms. The SMILES string of the molecule is CN(C)C(=O)CCCn1cccc1CO. The second kappa shape index (κ2) is 5.56. The van der Waals surface area contributed by atoms with E-state index < -0.39 is 0 Å². The van der Waals surface area contributed by atoms with Gasteiger partial charge >= 0.3 is 0 Å². The lowest BCUT2D eigenvalue weighted by Crippen LogP contribution is -2.21. The van der Waals surface area contributed by atoms with E-state index in [9.17, 15) is 4.79 Å². The lowest BCUT2D eigenvalue weighted by molar-refractivity contribution is -0.128. The number of aliphatic hydroxyl groups excluding tert-OH is 1. The van der Waals surface area contributed by atoms with E-state index in [1.54, 1.807) is 19.0 Å². The Hall–Kier alpha value is -1.29. The van der Waals surface area contributed by atoms with Crippen molar-refractivity contribution in [3.8, 4) is 0 Å². The van der Waals surface area contributed by atoms with E-state index in [0.29, 0.717) is 6.42 Å². The number of nitrogens with zero attached hydrogens (tertiary/aromatic N) is 2. The molecule has 1 N–H and O–H groups in total. The van der Waals surface area contributed by atoms with Crippen molar-refractivity contribution < 1.29 is 9.90 Å². The number of carbonyl (C=O) groups excluding carboxylic acids is 1. The first-order valence-corrected chi connectivity index (χ1v) is 5.10. The van der Waals surface area contributed by atoms with E-state index >= 15 is 0 Å². The summed E-state index contributed by atoms with van der Waals surface area (Å²) in [5.41, 5.74) is 0.896. The van der Waals surface area contributed by atoms with Gasteiger partial charge < -0.3 is 14.6 Å².